The second-order valence-corrected chi connectivity index (χ2v) is 7.07. The van der Waals surface area contributed by atoms with Crippen molar-refractivity contribution in [3.8, 4) is 0 Å². The quantitative estimate of drug-likeness (QED) is 0.904. The Labute approximate surface area is 131 Å². The molecule has 0 radical (unpaired) electrons. The van der Waals surface area contributed by atoms with Crippen molar-refractivity contribution in [1.82, 2.24) is 4.98 Å². The number of nitrogens with zero attached hydrogens (tertiary/aromatic N) is 1. The van der Waals surface area contributed by atoms with E-state index in [0.29, 0.717) is 23.6 Å². The minimum Gasteiger partial charge on any atom is -0.440 e. The number of rotatable bonds is 4. The van der Waals surface area contributed by atoms with E-state index in [0.717, 1.165) is 11.9 Å². The van der Waals surface area contributed by atoms with Crippen LogP contribution in [0, 0.1) is 0 Å². The molecular weight excluding hydrogens is 278 g/mol. The molecule has 0 saturated carbocycles. The lowest BCUT2D eigenvalue weighted by atomic mass is 9.96. The van der Waals surface area contributed by atoms with Crippen LogP contribution in [-0.2, 0) is 10.2 Å². The van der Waals surface area contributed by atoms with Gasteiger partial charge in [0.1, 0.15) is 5.52 Å². The molecule has 1 aromatic carbocycles. The lowest BCUT2D eigenvalue weighted by Gasteiger charge is -2.22. The summed E-state index contributed by atoms with van der Waals surface area (Å²) in [5.41, 5.74) is 7.15. The Kier molecular flexibility index (Phi) is 4.29. The van der Waals surface area contributed by atoms with E-state index in [1.807, 2.05) is 39.8 Å². The lowest BCUT2D eigenvalue weighted by Crippen LogP contribution is -2.48. The Balaban J connectivity index is 2.25. The number of nitrogens with two attached hydrogens (primary N) is 1. The third-order valence-electron chi connectivity index (χ3n) is 3.58. The molecule has 0 bridgehead atoms. The van der Waals surface area contributed by atoms with Crippen molar-refractivity contribution in [3.63, 3.8) is 0 Å². The highest BCUT2D eigenvalue weighted by Crippen LogP contribution is 2.27. The van der Waals surface area contributed by atoms with Gasteiger partial charge in [0.25, 0.3) is 0 Å². The smallest absolute Gasteiger partial charge is 0.244 e. The SMILES string of the molecule is CCCC(C)(N)C(=O)Nc1ccc2oc(C(C)(C)C)nc2c1. The summed E-state index contributed by atoms with van der Waals surface area (Å²) in [6, 6.07) is 5.44. The summed E-state index contributed by atoms with van der Waals surface area (Å²) in [6.45, 7) is 9.90. The summed E-state index contributed by atoms with van der Waals surface area (Å²) in [6.07, 6.45) is 1.50. The van der Waals surface area contributed by atoms with Crippen LogP contribution in [-0.4, -0.2) is 16.4 Å². The zero-order chi connectivity index (χ0) is 16.5. The third kappa shape index (κ3) is 3.47. The van der Waals surface area contributed by atoms with Crippen molar-refractivity contribution in [3.05, 3.63) is 24.1 Å². The highest BCUT2D eigenvalue weighted by Gasteiger charge is 2.27. The summed E-state index contributed by atoms with van der Waals surface area (Å²) in [4.78, 5) is 16.7. The van der Waals surface area contributed by atoms with Gasteiger partial charge in [-0.1, -0.05) is 34.1 Å². The van der Waals surface area contributed by atoms with E-state index in [9.17, 15) is 4.79 Å². The topological polar surface area (TPSA) is 81.2 Å². The maximum absolute atomic E-state index is 12.2. The van der Waals surface area contributed by atoms with Crippen molar-refractivity contribution in [1.29, 1.82) is 0 Å². The number of amides is 1. The van der Waals surface area contributed by atoms with Crippen LogP contribution in [0.5, 0.6) is 0 Å². The number of aromatic nitrogens is 1. The molecule has 0 aliphatic heterocycles. The zero-order valence-corrected chi connectivity index (χ0v) is 14.0. The number of anilines is 1. The highest BCUT2D eigenvalue weighted by molar-refractivity contribution is 5.98. The molecule has 5 heteroatoms. The average Bonchev–Trinajstić information content (AvgIpc) is 2.81. The fourth-order valence-corrected chi connectivity index (χ4v) is 2.23. The number of hydrogen-bond acceptors (Lipinski definition) is 4. The number of hydrogen-bond donors (Lipinski definition) is 2. The van der Waals surface area contributed by atoms with Gasteiger partial charge in [-0.05, 0) is 31.5 Å². The number of fused-ring (bicyclic) bond motifs is 1. The first-order valence-electron chi connectivity index (χ1n) is 7.65. The molecule has 0 aliphatic carbocycles. The van der Waals surface area contributed by atoms with Crippen LogP contribution in [0.2, 0.25) is 0 Å². The van der Waals surface area contributed by atoms with E-state index in [-0.39, 0.29) is 11.3 Å². The van der Waals surface area contributed by atoms with Gasteiger partial charge in [0.15, 0.2) is 5.58 Å². The van der Waals surface area contributed by atoms with Gasteiger partial charge in [0.05, 0.1) is 5.54 Å². The summed E-state index contributed by atoms with van der Waals surface area (Å²) < 4.78 is 5.75. The van der Waals surface area contributed by atoms with Gasteiger partial charge in [-0.15, -0.1) is 0 Å². The van der Waals surface area contributed by atoms with E-state index in [4.69, 9.17) is 10.2 Å². The molecular formula is C17H25N3O2. The summed E-state index contributed by atoms with van der Waals surface area (Å²) in [7, 11) is 0. The number of carbonyl (C=O) groups excluding carboxylic acids is 1. The minimum atomic E-state index is -0.871. The summed E-state index contributed by atoms with van der Waals surface area (Å²) in [5.74, 6) is 0.494. The molecule has 3 N–H and O–H groups in total. The number of carbonyl (C=O) groups is 1. The van der Waals surface area contributed by atoms with Crippen molar-refractivity contribution >= 4 is 22.7 Å². The van der Waals surface area contributed by atoms with Crippen molar-refractivity contribution in [2.45, 2.75) is 58.4 Å². The first-order chi connectivity index (χ1) is 10.1. The van der Waals surface area contributed by atoms with Crippen LogP contribution in [0.25, 0.3) is 11.1 Å². The molecule has 1 aromatic heterocycles. The highest BCUT2D eigenvalue weighted by atomic mass is 16.3. The van der Waals surface area contributed by atoms with Crippen molar-refractivity contribution < 1.29 is 9.21 Å². The van der Waals surface area contributed by atoms with E-state index < -0.39 is 5.54 Å². The normalized spacial score (nSPS) is 14.8. The monoisotopic (exact) mass is 303 g/mol. The van der Waals surface area contributed by atoms with Crippen LogP contribution < -0.4 is 11.1 Å². The molecule has 1 unspecified atom stereocenters. The molecule has 1 amide bonds. The molecule has 22 heavy (non-hydrogen) atoms. The Morgan fingerprint density at radius 1 is 1.32 bits per heavy atom. The van der Waals surface area contributed by atoms with Crippen LogP contribution in [0.4, 0.5) is 5.69 Å². The standard InChI is InChI=1S/C17H25N3O2/c1-6-9-17(5,18)14(21)19-11-7-8-13-12(10-11)20-15(22-13)16(2,3)4/h7-8,10H,6,9,18H2,1-5H3,(H,19,21). The first kappa shape index (κ1) is 16.5. The van der Waals surface area contributed by atoms with E-state index >= 15 is 0 Å². The Bertz CT molecular complexity index is 681. The Morgan fingerprint density at radius 3 is 2.59 bits per heavy atom. The predicted octanol–water partition coefficient (Wildman–Crippen LogP) is 3.58. The van der Waals surface area contributed by atoms with Gasteiger partial charge in [-0.25, -0.2) is 4.98 Å². The van der Waals surface area contributed by atoms with Gasteiger partial charge >= 0.3 is 0 Å². The molecule has 5 nitrogen and oxygen atoms in total. The number of benzene rings is 1. The molecule has 2 aromatic rings. The summed E-state index contributed by atoms with van der Waals surface area (Å²) in [5, 5.41) is 2.86. The van der Waals surface area contributed by atoms with Crippen LogP contribution in [0.3, 0.4) is 0 Å². The second kappa shape index (κ2) is 5.72. The van der Waals surface area contributed by atoms with Gasteiger partial charge in [0, 0.05) is 11.1 Å². The maximum Gasteiger partial charge on any atom is 0.244 e. The summed E-state index contributed by atoms with van der Waals surface area (Å²) >= 11 is 0. The fraction of sp³-hybridized carbons (Fsp3) is 0.529. The van der Waals surface area contributed by atoms with Gasteiger partial charge in [-0.2, -0.15) is 0 Å². The Hall–Kier alpha value is -1.88. The Morgan fingerprint density at radius 2 is 2.00 bits per heavy atom. The zero-order valence-electron chi connectivity index (χ0n) is 14.0. The number of nitrogens with one attached hydrogen (secondary N) is 1. The van der Waals surface area contributed by atoms with Crippen LogP contribution in [0.15, 0.2) is 22.6 Å². The van der Waals surface area contributed by atoms with Crippen molar-refractivity contribution in [2.75, 3.05) is 5.32 Å². The molecule has 1 atom stereocenters. The van der Waals surface area contributed by atoms with E-state index in [2.05, 4.69) is 10.3 Å². The van der Waals surface area contributed by atoms with E-state index in [1.165, 1.54) is 0 Å². The van der Waals surface area contributed by atoms with Gasteiger partial charge in [0.2, 0.25) is 11.8 Å². The molecule has 0 aliphatic rings. The molecule has 0 spiro atoms. The average molecular weight is 303 g/mol. The first-order valence-corrected chi connectivity index (χ1v) is 7.65. The van der Waals surface area contributed by atoms with Crippen LogP contribution in [0.1, 0.15) is 53.4 Å². The molecule has 0 fully saturated rings. The lowest BCUT2D eigenvalue weighted by molar-refractivity contribution is -0.120. The predicted molar refractivity (Wildman–Crippen MR) is 88.8 cm³/mol. The van der Waals surface area contributed by atoms with Gasteiger partial charge < -0.3 is 15.5 Å². The fourth-order valence-electron chi connectivity index (χ4n) is 2.23. The largest absolute Gasteiger partial charge is 0.440 e. The molecule has 0 saturated heterocycles. The minimum absolute atomic E-state index is 0.153. The molecule has 2 rings (SSSR count). The van der Waals surface area contributed by atoms with Gasteiger partial charge in [-0.3, -0.25) is 4.79 Å². The molecule has 120 valence electrons. The van der Waals surface area contributed by atoms with Crippen molar-refractivity contribution in [2.24, 2.45) is 5.73 Å². The second-order valence-electron chi connectivity index (χ2n) is 7.07. The maximum atomic E-state index is 12.2. The third-order valence-corrected chi connectivity index (χ3v) is 3.58. The van der Waals surface area contributed by atoms with Crippen LogP contribution >= 0.6 is 0 Å². The molecule has 1 heterocycles. The van der Waals surface area contributed by atoms with E-state index in [1.54, 1.807) is 13.0 Å². The number of oxazole rings is 1.